The zero-order valence-electron chi connectivity index (χ0n) is 13.6. The molecule has 1 N–H and O–H groups in total. The fourth-order valence-electron chi connectivity index (χ4n) is 2.30. The maximum atomic E-state index is 12.1. The summed E-state index contributed by atoms with van der Waals surface area (Å²) < 4.78 is 10.9. The van der Waals surface area contributed by atoms with Crippen LogP contribution in [0.1, 0.15) is 34.8 Å². The number of rotatable bonds is 6. The van der Waals surface area contributed by atoms with Gasteiger partial charge >= 0.3 is 0 Å². The molecule has 3 rings (SSSR count). The van der Waals surface area contributed by atoms with Crippen molar-refractivity contribution in [3.8, 4) is 5.75 Å². The lowest BCUT2D eigenvalue weighted by molar-refractivity contribution is 0.0912. The first-order valence-corrected chi connectivity index (χ1v) is 8.18. The number of carbonyl (C=O) groups is 1. The topological polar surface area (TPSA) is 64.4 Å². The zero-order valence-corrected chi connectivity index (χ0v) is 14.4. The number of hydrogen-bond donors (Lipinski definition) is 1. The van der Waals surface area contributed by atoms with Gasteiger partial charge in [-0.05, 0) is 60.5 Å². The van der Waals surface area contributed by atoms with E-state index in [-0.39, 0.29) is 22.9 Å². The Labute approximate surface area is 150 Å². The molecule has 0 bridgehead atoms. The van der Waals surface area contributed by atoms with Crippen LogP contribution < -0.4 is 10.1 Å². The first-order chi connectivity index (χ1) is 12.1. The van der Waals surface area contributed by atoms with Crippen LogP contribution in [0.2, 0.25) is 5.22 Å². The number of ether oxygens (including phenoxy) is 1. The summed E-state index contributed by atoms with van der Waals surface area (Å²) in [5, 5.41) is 3.05. The standard InChI is InChI=1S/C19H17ClN2O3/c1-13(22-19(23)17-8-9-18(20)25-17)14-5-4-7-16(11-14)24-12-15-6-2-3-10-21-15/h2-11,13H,12H2,1H3,(H,22,23). The van der Waals surface area contributed by atoms with Crippen molar-refractivity contribution in [2.75, 3.05) is 0 Å². The van der Waals surface area contributed by atoms with Gasteiger partial charge in [-0.1, -0.05) is 18.2 Å². The van der Waals surface area contributed by atoms with Gasteiger partial charge in [-0.15, -0.1) is 0 Å². The van der Waals surface area contributed by atoms with E-state index in [9.17, 15) is 4.79 Å². The number of carbonyl (C=O) groups excluding carboxylic acids is 1. The lowest BCUT2D eigenvalue weighted by Gasteiger charge is -2.15. The molecule has 3 aromatic rings. The van der Waals surface area contributed by atoms with Crippen molar-refractivity contribution in [1.82, 2.24) is 10.3 Å². The molecule has 0 aliphatic heterocycles. The summed E-state index contributed by atoms with van der Waals surface area (Å²) in [5.74, 6) is 0.573. The molecule has 1 unspecified atom stereocenters. The molecule has 2 heterocycles. The van der Waals surface area contributed by atoms with Crippen molar-refractivity contribution in [3.05, 3.63) is 83.0 Å². The van der Waals surface area contributed by atoms with Crippen molar-refractivity contribution in [3.63, 3.8) is 0 Å². The predicted molar refractivity (Wildman–Crippen MR) is 94.6 cm³/mol. The highest BCUT2D eigenvalue weighted by Gasteiger charge is 2.15. The van der Waals surface area contributed by atoms with Gasteiger partial charge in [-0.2, -0.15) is 0 Å². The van der Waals surface area contributed by atoms with Crippen molar-refractivity contribution >= 4 is 17.5 Å². The van der Waals surface area contributed by atoms with E-state index in [4.69, 9.17) is 20.8 Å². The Hall–Kier alpha value is -2.79. The zero-order chi connectivity index (χ0) is 17.6. The molecule has 0 aliphatic carbocycles. The predicted octanol–water partition coefficient (Wildman–Crippen LogP) is 4.40. The molecule has 0 fully saturated rings. The molecule has 0 saturated carbocycles. The van der Waals surface area contributed by atoms with Gasteiger partial charge in [-0.25, -0.2) is 0 Å². The first-order valence-electron chi connectivity index (χ1n) is 7.80. The first kappa shape index (κ1) is 17.0. The van der Waals surface area contributed by atoms with Gasteiger partial charge in [0, 0.05) is 6.20 Å². The van der Waals surface area contributed by atoms with Gasteiger partial charge in [0.05, 0.1) is 11.7 Å². The summed E-state index contributed by atoms with van der Waals surface area (Å²) in [6.07, 6.45) is 1.73. The lowest BCUT2D eigenvalue weighted by Crippen LogP contribution is -2.26. The summed E-state index contributed by atoms with van der Waals surface area (Å²) in [5.41, 5.74) is 1.77. The maximum absolute atomic E-state index is 12.1. The molecule has 5 nitrogen and oxygen atoms in total. The van der Waals surface area contributed by atoms with Crippen molar-refractivity contribution < 1.29 is 13.9 Å². The number of aromatic nitrogens is 1. The van der Waals surface area contributed by atoms with Gasteiger partial charge < -0.3 is 14.5 Å². The smallest absolute Gasteiger partial charge is 0.287 e. The maximum Gasteiger partial charge on any atom is 0.287 e. The van der Waals surface area contributed by atoms with Crippen LogP contribution in [0, 0.1) is 0 Å². The molecule has 1 aromatic carbocycles. The third-order valence-electron chi connectivity index (χ3n) is 3.62. The van der Waals surface area contributed by atoms with Crippen molar-refractivity contribution in [2.24, 2.45) is 0 Å². The monoisotopic (exact) mass is 356 g/mol. The largest absolute Gasteiger partial charge is 0.487 e. The Bertz CT molecular complexity index is 849. The molecule has 25 heavy (non-hydrogen) atoms. The third-order valence-corrected chi connectivity index (χ3v) is 3.82. The van der Waals surface area contributed by atoms with Gasteiger partial charge in [-0.3, -0.25) is 9.78 Å². The summed E-state index contributed by atoms with van der Waals surface area (Å²) in [6.45, 7) is 2.27. The number of pyridine rings is 1. The summed E-state index contributed by atoms with van der Waals surface area (Å²) in [7, 11) is 0. The SMILES string of the molecule is CC(NC(=O)c1ccc(Cl)o1)c1cccc(OCc2ccccn2)c1. The van der Waals surface area contributed by atoms with Crippen LogP contribution in [0.3, 0.4) is 0 Å². The van der Waals surface area contributed by atoms with Crippen LogP contribution in [0.5, 0.6) is 5.75 Å². The quantitative estimate of drug-likeness (QED) is 0.711. The van der Waals surface area contributed by atoms with E-state index in [1.54, 1.807) is 6.20 Å². The number of furan rings is 1. The second-order valence-corrected chi connectivity index (χ2v) is 5.85. The van der Waals surface area contributed by atoms with Gasteiger partial charge in [0.1, 0.15) is 12.4 Å². The van der Waals surface area contributed by atoms with Crippen LogP contribution in [0.4, 0.5) is 0 Å². The Morgan fingerprint density at radius 2 is 2.12 bits per heavy atom. The lowest BCUT2D eigenvalue weighted by atomic mass is 10.1. The number of nitrogens with one attached hydrogen (secondary N) is 1. The van der Waals surface area contributed by atoms with Crippen LogP contribution in [-0.2, 0) is 6.61 Å². The second kappa shape index (κ2) is 7.85. The van der Waals surface area contributed by atoms with E-state index in [0.29, 0.717) is 12.4 Å². The highest BCUT2D eigenvalue weighted by Crippen LogP contribution is 2.21. The second-order valence-electron chi connectivity index (χ2n) is 5.48. The van der Waals surface area contributed by atoms with E-state index in [2.05, 4.69) is 10.3 Å². The molecule has 6 heteroatoms. The minimum atomic E-state index is -0.320. The molecule has 0 saturated heterocycles. The van der Waals surface area contributed by atoms with Crippen LogP contribution in [0.15, 0.2) is 65.2 Å². The number of halogens is 1. The van der Waals surface area contributed by atoms with E-state index in [0.717, 1.165) is 11.3 Å². The molecule has 1 amide bonds. The van der Waals surface area contributed by atoms with Gasteiger partial charge in [0.25, 0.3) is 5.91 Å². The third kappa shape index (κ3) is 4.61. The summed E-state index contributed by atoms with van der Waals surface area (Å²) in [6, 6.07) is 16.1. The van der Waals surface area contributed by atoms with Crippen LogP contribution in [0.25, 0.3) is 0 Å². The Balaban J connectivity index is 1.63. The van der Waals surface area contributed by atoms with E-state index >= 15 is 0 Å². The number of benzene rings is 1. The number of nitrogens with zero attached hydrogens (tertiary/aromatic N) is 1. The van der Waals surface area contributed by atoms with Crippen LogP contribution >= 0.6 is 11.6 Å². The van der Waals surface area contributed by atoms with Gasteiger partial charge in [0.2, 0.25) is 0 Å². The van der Waals surface area contributed by atoms with Crippen molar-refractivity contribution in [1.29, 1.82) is 0 Å². The van der Waals surface area contributed by atoms with E-state index in [1.807, 2.05) is 49.4 Å². The molecule has 0 spiro atoms. The summed E-state index contributed by atoms with van der Waals surface area (Å²) >= 11 is 5.70. The fourth-order valence-corrected chi connectivity index (χ4v) is 2.45. The molecular weight excluding hydrogens is 340 g/mol. The molecular formula is C19H17ClN2O3. The Morgan fingerprint density at radius 1 is 1.24 bits per heavy atom. The highest BCUT2D eigenvalue weighted by atomic mass is 35.5. The minimum absolute atomic E-state index is 0.180. The highest BCUT2D eigenvalue weighted by molar-refractivity contribution is 6.29. The average molecular weight is 357 g/mol. The average Bonchev–Trinajstić information content (AvgIpc) is 3.08. The van der Waals surface area contributed by atoms with E-state index < -0.39 is 0 Å². The summed E-state index contributed by atoms with van der Waals surface area (Å²) in [4.78, 5) is 16.4. The minimum Gasteiger partial charge on any atom is -0.487 e. The fraction of sp³-hybridized carbons (Fsp3) is 0.158. The molecule has 0 radical (unpaired) electrons. The molecule has 2 aromatic heterocycles. The molecule has 0 aliphatic rings. The van der Waals surface area contributed by atoms with Crippen molar-refractivity contribution in [2.45, 2.75) is 19.6 Å². The number of amides is 1. The molecule has 128 valence electrons. The van der Waals surface area contributed by atoms with E-state index in [1.165, 1.54) is 12.1 Å². The number of hydrogen-bond acceptors (Lipinski definition) is 4. The van der Waals surface area contributed by atoms with Crippen LogP contribution in [-0.4, -0.2) is 10.9 Å². The molecule has 1 atom stereocenters. The normalized spacial score (nSPS) is 11.8. The van der Waals surface area contributed by atoms with Gasteiger partial charge in [0.15, 0.2) is 11.0 Å². The Kier molecular flexibility index (Phi) is 5.36. The Morgan fingerprint density at radius 3 is 2.84 bits per heavy atom.